The number of nitrogens with zero attached hydrogens (tertiary/aromatic N) is 3. The van der Waals surface area contributed by atoms with Crippen LogP contribution >= 0.6 is 22.6 Å². The van der Waals surface area contributed by atoms with Crippen molar-refractivity contribution in [3.8, 4) is 5.88 Å². The Morgan fingerprint density at radius 2 is 1.90 bits per heavy atom. The lowest BCUT2D eigenvalue weighted by atomic mass is 10.3. The second-order valence-corrected chi connectivity index (χ2v) is 8.00. The third-order valence-electron chi connectivity index (χ3n) is 2.58. The molecule has 2 aromatic rings. The molecule has 2 aromatic heterocycles. The summed E-state index contributed by atoms with van der Waals surface area (Å²) in [6, 6.07) is 1.94. The highest BCUT2D eigenvalue weighted by atomic mass is 79.9. The van der Waals surface area contributed by atoms with Crippen molar-refractivity contribution in [2.75, 3.05) is 13.2 Å². The van der Waals surface area contributed by atoms with Gasteiger partial charge in [-0.05, 0) is 49.7 Å². The second-order valence-electron chi connectivity index (χ2n) is 4.27. The molecule has 0 spiro atoms. The van der Waals surface area contributed by atoms with Crippen molar-refractivity contribution < 1.29 is 13.6 Å². The maximum atomic E-state index is 5.76. The second kappa shape index (κ2) is 6.71. The Morgan fingerprint density at radius 3 is 2.48 bits per heavy atom. The van der Waals surface area contributed by atoms with Gasteiger partial charge in [0.15, 0.2) is 5.65 Å². The Morgan fingerprint density at radius 1 is 1.29 bits per heavy atom. The summed E-state index contributed by atoms with van der Waals surface area (Å²) >= 11 is 8.82. The van der Waals surface area contributed by atoms with Crippen LogP contribution in [0, 0.1) is 13.8 Å². The summed E-state index contributed by atoms with van der Waals surface area (Å²) in [6.45, 7) is 5.55. The van der Waals surface area contributed by atoms with Crippen LogP contribution in [0.1, 0.15) is 25.2 Å². The van der Waals surface area contributed by atoms with Gasteiger partial charge in [-0.2, -0.15) is 0 Å². The summed E-state index contributed by atoms with van der Waals surface area (Å²) in [5.41, 5.74) is 2.53. The predicted molar refractivity (Wildman–Crippen MR) is 88.3 cm³/mol. The van der Waals surface area contributed by atoms with Gasteiger partial charge in [0.25, 0.3) is 5.88 Å². The first-order valence-corrected chi connectivity index (χ1v) is 9.86. The van der Waals surface area contributed by atoms with E-state index in [0.717, 1.165) is 11.4 Å². The fourth-order valence-corrected chi connectivity index (χ4v) is 4.38. The van der Waals surface area contributed by atoms with E-state index < -0.39 is 6.72 Å². The van der Waals surface area contributed by atoms with Crippen LogP contribution in [-0.4, -0.2) is 27.8 Å². The van der Waals surface area contributed by atoms with Crippen molar-refractivity contribution in [1.82, 2.24) is 14.6 Å². The van der Waals surface area contributed by atoms with E-state index in [1.165, 1.54) is 0 Å². The van der Waals surface area contributed by atoms with Crippen LogP contribution in [0.4, 0.5) is 0 Å². The van der Waals surface area contributed by atoms with Crippen molar-refractivity contribution in [2.45, 2.75) is 27.7 Å². The fraction of sp³-hybridized carbons (Fsp3) is 0.500. The van der Waals surface area contributed by atoms with Crippen LogP contribution in [0.2, 0.25) is 0 Å². The molecule has 116 valence electrons. The van der Waals surface area contributed by atoms with E-state index in [9.17, 15) is 0 Å². The molecule has 0 aromatic carbocycles. The molecular formula is C12H17BrN3O3PS. The lowest BCUT2D eigenvalue weighted by Crippen LogP contribution is -2.03. The molecule has 0 saturated heterocycles. The van der Waals surface area contributed by atoms with Gasteiger partial charge in [0.2, 0.25) is 0 Å². The molecule has 0 radical (unpaired) electrons. The van der Waals surface area contributed by atoms with Gasteiger partial charge in [0.1, 0.15) is 4.47 Å². The lowest BCUT2D eigenvalue weighted by molar-refractivity contribution is 0.215. The smallest absolute Gasteiger partial charge is 0.381 e. The minimum absolute atomic E-state index is 0.335. The molecular weight excluding hydrogens is 377 g/mol. The summed E-state index contributed by atoms with van der Waals surface area (Å²) in [7, 11) is 0. The van der Waals surface area contributed by atoms with E-state index in [4.69, 9.17) is 25.4 Å². The van der Waals surface area contributed by atoms with E-state index in [1.807, 2.05) is 33.8 Å². The Hall–Kier alpha value is -0.530. The van der Waals surface area contributed by atoms with E-state index in [0.29, 0.717) is 29.2 Å². The molecule has 2 rings (SSSR count). The van der Waals surface area contributed by atoms with E-state index in [2.05, 4.69) is 26.0 Å². The first kappa shape index (κ1) is 16.8. The van der Waals surface area contributed by atoms with Crippen LogP contribution in [0.3, 0.4) is 0 Å². The molecule has 0 saturated carbocycles. The highest BCUT2D eigenvalue weighted by Gasteiger charge is 2.26. The van der Waals surface area contributed by atoms with Crippen LogP contribution in [-0.2, 0) is 20.9 Å². The number of hydrogen-bond donors (Lipinski definition) is 0. The van der Waals surface area contributed by atoms with Gasteiger partial charge in [0, 0.05) is 23.2 Å². The van der Waals surface area contributed by atoms with Gasteiger partial charge in [-0.25, -0.2) is 9.50 Å². The Labute approximate surface area is 137 Å². The molecule has 9 heteroatoms. The van der Waals surface area contributed by atoms with E-state index in [1.54, 1.807) is 4.52 Å². The summed E-state index contributed by atoms with van der Waals surface area (Å²) in [5.74, 6) is 0.335. The van der Waals surface area contributed by atoms with E-state index in [-0.39, 0.29) is 0 Å². The van der Waals surface area contributed by atoms with Gasteiger partial charge in [0.05, 0.1) is 13.2 Å². The average Bonchev–Trinajstić information content (AvgIpc) is 2.68. The first-order chi connectivity index (χ1) is 9.90. The quantitative estimate of drug-likeness (QED) is 0.695. The van der Waals surface area contributed by atoms with Crippen molar-refractivity contribution >= 4 is 40.1 Å². The molecule has 0 amide bonds. The Kier molecular flexibility index (Phi) is 5.38. The Balaban J connectivity index is 2.45. The number of fused-ring (bicyclic) bond motifs is 1. The van der Waals surface area contributed by atoms with Crippen LogP contribution in [0.25, 0.3) is 5.65 Å². The minimum atomic E-state index is -2.85. The molecule has 0 unspecified atom stereocenters. The highest BCUT2D eigenvalue weighted by molar-refractivity contribution is 9.10. The molecule has 0 fully saturated rings. The molecule has 21 heavy (non-hydrogen) atoms. The van der Waals surface area contributed by atoms with Gasteiger partial charge >= 0.3 is 6.72 Å². The minimum Gasteiger partial charge on any atom is -0.403 e. The average molecular weight is 394 g/mol. The standard InChI is InChI=1S/C12H17BrN3O3PS/c1-5-17-20(21,18-6-2)19-12-10(13)11-14-8(3)7-9(4)16(11)15-12/h7H,5-6H2,1-4H3. The number of rotatable bonds is 6. The van der Waals surface area contributed by atoms with Gasteiger partial charge in [-0.3, -0.25) is 9.05 Å². The molecule has 0 aliphatic rings. The number of aromatic nitrogens is 3. The number of aryl methyl sites for hydroxylation is 2. The summed E-state index contributed by atoms with van der Waals surface area (Å²) in [6.07, 6.45) is 0. The number of hydrogen-bond acceptors (Lipinski definition) is 6. The number of halogens is 1. The Bertz CT molecular complexity index is 697. The van der Waals surface area contributed by atoms with Crippen molar-refractivity contribution in [3.05, 3.63) is 21.9 Å². The summed E-state index contributed by atoms with van der Waals surface area (Å²) < 4.78 is 19.0. The third kappa shape index (κ3) is 3.63. The lowest BCUT2D eigenvalue weighted by Gasteiger charge is -2.19. The van der Waals surface area contributed by atoms with Crippen molar-refractivity contribution in [2.24, 2.45) is 0 Å². The maximum absolute atomic E-state index is 5.76. The monoisotopic (exact) mass is 393 g/mol. The SMILES string of the molecule is CCOP(=S)(OCC)Oc1nn2c(C)cc(C)nc2c1Br. The third-order valence-corrected chi connectivity index (χ3v) is 5.68. The van der Waals surface area contributed by atoms with Gasteiger partial charge < -0.3 is 4.52 Å². The zero-order chi connectivity index (χ0) is 15.6. The summed E-state index contributed by atoms with van der Waals surface area (Å²) in [5, 5.41) is 4.39. The topological polar surface area (TPSA) is 57.9 Å². The van der Waals surface area contributed by atoms with Gasteiger partial charge in [-0.1, -0.05) is 0 Å². The van der Waals surface area contributed by atoms with Crippen LogP contribution in [0.5, 0.6) is 5.88 Å². The molecule has 0 aliphatic heterocycles. The molecule has 0 bridgehead atoms. The van der Waals surface area contributed by atoms with Crippen LogP contribution < -0.4 is 4.52 Å². The first-order valence-electron chi connectivity index (χ1n) is 6.51. The fourth-order valence-electron chi connectivity index (χ4n) is 1.85. The van der Waals surface area contributed by atoms with Crippen molar-refractivity contribution in [1.29, 1.82) is 0 Å². The van der Waals surface area contributed by atoms with Crippen molar-refractivity contribution in [3.63, 3.8) is 0 Å². The highest BCUT2D eigenvalue weighted by Crippen LogP contribution is 2.51. The normalized spacial score (nSPS) is 12.0. The zero-order valence-corrected chi connectivity index (χ0v) is 15.6. The molecule has 0 N–H and O–H groups in total. The van der Waals surface area contributed by atoms with E-state index >= 15 is 0 Å². The van der Waals surface area contributed by atoms with Gasteiger partial charge in [-0.15, -0.1) is 5.10 Å². The molecule has 2 heterocycles. The van der Waals surface area contributed by atoms with Crippen LogP contribution in [0.15, 0.2) is 10.5 Å². The zero-order valence-electron chi connectivity index (χ0n) is 12.3. The predicted octanol–water partition coefficient (Wildman–Crippen LogP) is 3.78. The molecule has 6 nitrogen and oxygen atoms in total. The summed E-state index contributed by atoms with van der Waals surface area (Å²) in [4.78, 5) is 4.45. The maximum Gasteiger partial charge on any atom is 0.381 e. The molecule has 0 atom stereocenters. The largest absolute Gasteiger partial charge is 0.403 e. The molecule has 0 aliphatic carbocycles.